The first kappa shape index (κ1) is 17.0. The van der Waals surface area contributed by atoms with Crippen LogP contribution in [0.5, 0.6) is 5.75 Å². The second-order valence-electron chi connectivity index (χ2n) is 5.51. The average Bonchev–Trinajstić information content (AvgIpc) is 2.63. The van der Waals surface area contributed by atoms with Crippen LogP contribution >= 0.6 is 11.6 Å². The molecule has 3 rings (SSSR count). The molecule has 2 N–H and O–H groups in total. The van der Waals surface area contributed by atoms with Crippen molar-refractivity contribution in [2.75, 3.05) is 17.7 Å². The van der Waals surface area contributed by atoms with Crippen LogP contribution in [0.4, 0.5) is 17.5 Å². The van der Waals surface area contributed by atoms with Gasteiger partial charge in [0, 0.05) is 17.3 Å². The maximum atomic E-state index is 6.06. The zero-order valence-electron chi connectivity index (χ0n) is 14.0. The van der Waals surface area contributed by atoms with Crippen LogP contribution in [0.3, 0.4) is 0 Å². The minimum Gasteiger partial charge on any atom is -0.495 e. The fraction of sp³-hybridized carbons (Fsp3) is 0.158. The smallest absolute Gasteiger partial charge is 0.229 e. The van der Waals surface area contributed by atoms with Crippen LogP contribution in [-0.4, -0.2) is 17.1 Å². The number of halogens is 1. The van der Waals surface area contributed by atoms with E-state index in [4.69, 9.17) is 16.3 Å². The van der Waals surface area contributed by atoms with Crippen LogP contribution in [0.2, 0.25) is 5.02 Å². The van der Waals surface area contributed by atoms with Gasteiger partial charge in [-0.15, -0.1) is 0 Å². The van der Waals surface area contributed by atoms with E-state index >= 15 is 0 Å². The number of benzene rings is 2. The highest BCUT2D eigenvalue weighted by molar-refractivity contribution is 6.31. The van der Waals surface area contributed by atoms with Crippen LogP contribution in [0.1, 0.15) is 18.5 Å². The van der Waals surface area contributed by atoms with E-state index in [0.29, 0.717) is 22.4 Å². The van der Waals surface area contributed by atoms with E-state index in [1.807, 2.05) is 24.3 Å². The van der Waals surface area contributed by atoms with Crippen molar-refractivity contribution < 1.29 is 4.74 Å². The maximum absolute atomic E-state index is 6.06. The van der Waals surface area contributed by atoms with Gasteiger partial charge in [-0.25, -0.2) is 4.98 Å². The minimum absolute atomic E-state index is 0.129. The normalized spacial score (nSPS) is 11.6. The summed E-state index contributed by atoms with van der Waals surface area (Å²) in [6, 6.07) is 17.5. The summed E-state index contributed by atoms with van der Waals surface area (Å²) in [5, 5.41) is 7.13. The molecule has 0 aliphatic rings. The molecule has 0 aliphatic carbocycles. The Hall–Kier alpha value is -2.79. The largest absolute Gasteiger partial charge is 0.495 e. The summed E-state index contributed by atoms with van der Waals surface area (Å²) >= 11 is 6.06. The number of anilines is 3. The molecule has 0 saturated carbocycles. The number of ether oxygens (including phenoxy) is 1. The SMILES string of the molecule is COc1ccc(Cl)cc1Nc1nccc(NC(C)c2ccccc2)n1. The van der Waals surface area contributed by atoms with Gasteiger partial charge in [0.25, 0.3) is 0 Å². The van der Waals surface area contributed by atoms with Crippen molar-refractivity contribution in [1.82, 2.24) is 9.97 Å². The average molecular weight is 355 g/mol. The number of hydrogen-bond acceptors (Lipinski definition) is 5. The molecule has 0 amide bonds. The molecule has 0 fully saturated rings. The molecule has 0 radical (unpaired) electrons. The van der Waals surface area contributed by atoms with Crippen molar-refractivity contribution in [1.29, 1.82) is 0 Å². The van der Waals surface area contributed by atoms with Gasteiger partial charge in [-0.2, -0.15) is 4.98 Å². The van der Waals surface area contributed by atoms with Crippen molar-refractivity contribution in [2.24, 2.45) is 0 Å². The second-order valence-corrected chi connectivity index (χ2v) is 5.95. The summed E-state index contributed by atoms with van der Waals surface area (Å²) in [5.41, 5.74) is 1.90. The Balaban J connectivity index is 1.77. The molecule has 3 aromatic rings. The highest BCUT2D eigenvalue weighted by atomic mass is 35.5. The first-order valence-corrected chi connectivity index (χ1v) is 8.28. The molecular formula is C19H19ClN4O. The highest BCUT2D eigenvalue weighted by Gasteiger charge is 2.09. The summed E-state index contributed by atoms with van der Waals surface area (Å²) in [6.45, 7) is 2.09. The second kappa shape index (κ2) is 7.85. The lowest BCUT2D eigenvalue weighted by Crippen LogP contribution is -2.09. The monoisotopic (exact) mass is 354 g/mol. The molecule has 1 heterocycles. The highest BCUT2D eigenvalue weighted by Crippen LogP contribution is 2.29. The predicted molar refractivity (Wildman–Crippen MR) is 102 cm³/mol. The van der Waals surface area contributed by atoms with E-state index in [9.17, 15) is 0 Å². The van der Waals surface area contributed by atoms with Gasteiger partial charge in [-0.1, -0.05) is 41.9 Å². The fourth-order valence-corrected chi connectivity index (χ4v) is 2.62. The van der Waals surface area contributed by atoms with Gasteiger partial charge in [-0.05, 0) is 36.8 Å². The van der Waals surface area contributed by atoms with Crippen molar-refractivity contribution in [3.8, 4) is 5.75 Å². The van der Waals surface area contributed by atoms with Gasteiger partial charge in [0.05, 0.1) is 12.8 Å². The Morgan fingerprint density at radius 1 is 1.08 bits per heavy atom. The third-order valence-corrected chi connectivity index (χ3v) is 3.96. The first-order chi connectivity index (χ1) is 12.2. The molecule has 128 valence electrons. The number of aromatic nitrogens is 2. The Morgan fingerprint density at radius 2 is 1.88 bits per heavy atom. The van der Waals surface area contributed by atoms with Crippen molar-refractivity contribution in [3.63, 3.8) is 0 Å². The van der Waals surface area contributed by atoms with E-state index in [-0.39, 0.29) is 6.04 Å². The van der Waals surface area contributed by atoms with Crippen LogP contribution in [0.25, 0.3) is 0 Å². The van der Waals surface area contributed by atoms with Crippen LogP contribution in [0.15, 0.2) is 60.8 Å². The summed E-state index contributed by atoms with van der Waals surface area (Å²) < 4.78 is 5.33. The summed E-state index contributed by atoms with van der Waals surface area (Å²) in [4.78, 5) is 8.77. The third-order valence-electron chi connectivity index (χ3n) is 3.73. The lowest BCUT2D eigenvalue weighted by Gasteiger charge is -2.16. The number of nitrogens with zero attached hydrogens (tertiary/aromatic N) is 2. The van der Waals surface area contributed by atoms with Crippen LogP contribution < -0.4 is 15.4 Å². The molecule has 25 heavy (non-hydrogen) atoms. The summed E-state index contributed by atoms with van der Waals surface area (Å²) in [6.07, 6.45) is 1.70. The van der Waals surface area contributed by atoms with Gasteiger partial charge in [0.2, 0.25) is 5.95 Å². The van der Waals surface area contributed by atoms with Gasteiger partial charge in [0.1, 0.15) is 11.6 Å². The number of hydrogen-bond donors (Lipinski definition) is 2. The Kier molecular flexibility index (Phi) is 5.36. The van der Waals surface area contributed by atoms with Gasteiger partial charge < -0.3 is 15.4 Å². The zero-order valence-corrected chi connectivity index (χ0v) is 14.8. The number of rotatable bonds is 6. The van der Waals surface area contributed by atoms with Gasteiger partial charge in [-0.3, -0.25) is 0 Å². The van der Waals surface area contributed by atoms with Crippen LogP contribution in [-0.2, 0) is 0 Å². The van der Waals surface area contributed by atoms with E-state index in [1.54, 1.807) is 31.5 Å². The van der Waals surface area contributed by atoms with Crippen molar-refractivity contribution in [2.45, 2.75) is 13.0 Å². The quantitative estimate of drug-likeness (QED) is 0.648. The molecule has 1 aromatic heterocycles. The molecule has 0 bridgehead atoms. The number of nitrogens with one attached hydrogen (secondary N) is 2. The fourth-order valence-electron chi connectivity index (χ4n) is 2.44. The zero-order chi connectivity index (χ0) is 17.6. The Labute approximate surface area is 152 Å². The molecule has 6 heteroatoms. The standard InChI is InChI=1S/C19H19ClN4O/c1-13(14-6-4-3-5-7-14)22-18-10-11-21-19(24-18)23-16-12-15(20)8-9-17(16)25-2/h3-13H,1-2H3,(H2,21,22,23,24). The van der Waals surface area contributed by atoms with Gasteiger partial charge >= 0.3 is 0 Å². The maximum Gasteiger partial charge on any atom is 0.229 e. The van der Waals surface area contributed by atoms with Crippen LogP contribution in [0, 0.1) is 0 Å². The minimum atomic E-state index is 0.129. The summed E-state index contributed by atoms with van der Waals surface area (Å²) in [5.74, 6) is 1.87. The van der Waals surface area contributed by atoms with E-state index in [2.05, 4.69) is 39.7 Å². The molecule has 0 saturated heterocycles. The first-order valence-electron chi connectivity index (χ1n) is 7.91. The third kappa shape index (κ3) is 4.39. The Bertz CT molecular complexity index is 842. The number of methoxy groups -OCH3 is 1. The molecule has 0 aliphatic heterocycles. The molecule has 1 unspecified atom stereocenters. The van der Waals surface area contributed by atoms with E-state index in [0.717, 1.165) is 5.82 Å². The molecule has 5 nitrogen and oxygen atoms in total. The lowest BCUT2D eigenvalue weighted by molar-refractivity contribution is 0.417. The molecule has 1 atom stereocenters. The van der Waals surface area contributed by atoms with Gasteiger partial charge in [0.15, 0.2) is 0 Å². The van der Waals surface area contributed by atoms with Crippen molar-refractivity contribution in [3.05, 3.63) is 71.4 Å². The Morgan fingerprint density at radius 3 is 2.64 bits per heavy atom. The summed E-state index contributed by atoms with van der Waals surface area (Å²) in [7, 11) is 1.61. The topological polar surface area (TPSA) is 59.1 Å². The lowest BCUT2D eigenvalue weighted by atomic mass is 10.1. The van der Waals surface area contributed by atoms with E-state index in [1.165, 1.54) is 5.56 Å². The predicted octanol–water partition coefficient (Wildman–Crippen LogP) is 5.06. The van der Waals surface area contributed by atoms with E-state index < -0.39 is 0 Å². The molecule has 0 spiro atoms. The molecule has 2 aromatic carbocycles. The molecular weight excluding hydrogens is 336 g/mol. The van der Waals surface area contributed by atoms with Crippen molar-refractivity contribution >= 4 is 29.1 Å².